The Hall–Kier alpha value is -2.35. The molecule has 0 radical (unpaired) electrons. The molecule has 8 heteroatoms. The fourth-order valence-corrected chi connectivity index (χ4v) is 2.42. The van der Waals surface area contributed by atoms with Crippen molar-refractivity contribution in [1.29, 1.82) is 0 Å². The molecule has 19 heavy (non-hydrogen) atoms. The van der Waals surface area contributed by atoms with Gasteiger partial charge < -0.3 is 5.11 Å². The maximum absolute atomic E-state index is 11.1. The largest absolute Gasteiger partial charge is 0.478 e. The van der Waals surface area contributed by atoms with E-state index in [4.69, 9.17) is 5.11 Å². The third-order valence-corrected chi connectivity index (χ3v) is 3.34. The normalized spacial score (nSPS) is 10.4. The number of nitro groups is 1. The van der Waals surface area contributed by atoms with Gasteiger partial charge in [-0.3, -0.25) is 14.8 Å². The predicted molar refractivity (Wildman–Crippen MR) is 67.4 cm³/mol. The Balaban J connectivity index is 2.39. The van der Waals surface area contributed by atoms with Crippen LogP contribution in [0.1, 0.15) is 10.4 Å². The van der Waals surface area contributed by atoms with E-state index >= 15 is 0 Å². The Morgan fingerprint density at radius 1 is 1.53 bits per heavy atom. The van der Waals surface area contributed by atoms with Gasteiger partial charge in [0.1, 0.15) is 0 Å². The number of carbonyl (C=O) groups is 1. The van der Waals surface area contributed by atoms with Gasteiger partial charge in [-0.2, -0.15) is 5.10 Å². The first-order chi connectivity index (χ1) is 8.97. The SMILES string of the molecule is Cn1cc(Sc2ccc([N+](=O)[O-])cc2C(=O)O)cn1. The van der Waals surface area contributed by atoms with Crippen molar-refractivity contribution in [2.24, 2.45) is 7.05 Å². The zero-order chi connectivity index (χ0) is 14.0. The van der Waals surface area contributed by atoms with Gasteiger partial charge >= 0.3 is 5.97 Å². The van der Waals surface area contributed by atoms with E-state index in [9.17, 15) is 14.9 Å². The molecule has 1 heterocycles. The second-order valence-electron chi connectivity index (χ2n) is 3.69. The highest BCUT2D eigenvalue weighted by Crippen LogP contribution is 2.32. The quantitative estimate of drug-likeness (QED) is 0.680. The number of aryl methyl sites for hydroxylation is 1. The number of aromatic carboxylic acids is 1. The Bertz CT molecular complexity index is 653. The van der Waals surface area contributed by atoms with Crippen LogP contribution in [0, 0.1) is 10.1 Å². The van der Waals surface area contributed by atoms with Crippen LogP contribution in [0.2, 0.25) is 0 Å². The molecule has 98 valence electrons. The molecule has 2 aromatic rings. The highest BCUT2D eigenvalue weighted by molar-refractivity contribution is 7.99. The number of hydrogen-bond acceptors (Lipinski definition) is 5. The summed E-state index contributed by atoms with van der Waals surface area (Å²) in [6.45, 7) is 0. The Labute approximate surface area is 112 Å². The lowest BCUT2D eigenvalue weighted by Crippen LogP contribution is -2.00. The Kier molecular flexibility index (Phi) is 3.52. The van der Waals surface area contributed by atoms with Crippen LogP contribution < -0.4 is 0 Å². The summed E-state index contributed by atoms with van der Waals surface area (Å²) in [5.41, 5.74) is -0.337. The van der Waals surface area contributed by atoms with Crippen LogP contribution in [0.5, 0.6) is 0 Å². The molecule has 0 aliphatic rings. The minimum absolute atomic E-state index is 0.0944. The third kappa shape index (κ3) is 2.91. The molecular weight excluding hydrogens is 270 g/mol. The number of rotatable bonds is 4. The van der Waals surface area contributed by atoms with Gasteiger partial charge in [0.2, 0.25) is 0 Å². The van der Waals surface area contributed by atoms with Crippen LogP contribution in [0.4, 0.5) is 5.69 Å². The first kappa shape index (κ1) is 13.1. The van der Waals surface area contributed by atoms with Gasteiger partial charge in [-0.1, -0.05) is 11.8 Å². The van der Waals surface area contributed by atoms with E-state index < -0.39 is 10.9 Å². The van der Waals surface area contributed by atoms with Crippen LogP contribution in [0.3, 0.4) is 0 Å². The number of nitro benzene ring substituents is 1. The van der Waals surface area contributed by atoms with E-state index in [1.54, 1.807) is 24.1 Å². The predicted octanol–water partition coefficient (Wildman–Crippen LogP) is 2.18. The molecule has 0 aliphatic carbocycles. The molecule has 0 atom stereocenters. The highest BCUT2D eigenvalue weighted by Gasteiger charge is 2.17. The van der Waals surface area contributed by atoms with Crippen molar-refractivity contribution in [1.82, 2.24) is 9.78 Å². The lowest BCUT2D eigenvalue weighted by Gasteiger charge is -2.03. The minimum atomic E-state index is -1.20. The van der Waals surface area contributed by atoms with Crippen molar-refractivity contribution in [3.63, 3.8) is 0 Å². The summed E-state index contributed by atoms with van der Waals surface area (Å²) in [5.74, 6) is -1.20. The van der Waals surface area contributed by atoms with E-state index in [0.29, 0.717) is 4.90 Å². The summed E-state index contributed by atoms with van der Waals surface area (Å²) in [4.78, 5) is 22.4. The fraction of sp³-hybridized carbons (Fsp3) is 0.0909. The van der Waals surface area contributed by atoms with E-state index in [2.05, 4.69) is 5.10 Å². The molecule has 0 fully saturated rings. The number of aromatic nitrogens is 2. The molecule has 0 unspecified atom stereocenters. The summed E-state index contributed by atoms with van der Waals surface area (Å²) >= 11 is 1.20. The molecular formula is C11H9N3O4S. The standard InChI is InChI=1S/C11H9N3O4S/c1-13-6-8(5-12-13)19-10-3-2-7(14(17)18)4-9(10)11(15)16/h2-6H,1H3,(H,15,16). The Morgan fingerprint density at radius 2 is 2.26 bits per heavy atom. The zero-order valence-corrected chi connectivity index (χ0v) is 10.6. The van der Waals surface area contributed by atoms with Crippen LogP contribution in [-0.2, 0) is 7.05 Å². The summed E-state index contributed by atoms with van der Waals surface area (Å²) in [5, 5.41) is 23.7. The molecule has 0 bridgehead atoms. The van der Waals surface area contributed by atoms with Crippen molar-refractivity contribution in [2.45, 2.75) is 9.79 Å². The molecule has 0 spiro atoms. The molecule has 0 saturated heterocycles. The van der Waals surface area contributed by atoms with Crippen molar-refractivity contribution in [2.75, 3.05) is 0 Å². The average molecular weight is 279 g/mol. The van der Waals surface area contributed by atoms with E-state index in [1.165, 1.54) is 23.9 Å². The monoisotopic (exact) mass is 279 g/mol. The molecule has 1 aromatic heterocycles. The molecule has 0 amide bonds. The molecule has 0 saturated carbocycles. The van der Waals surface area contributed by atoms with Crippen molar-refractivity contribution < 1.29 is 14.8 Å². The van der Waals surface area contributed by atoms with Crippen molar-refractivity contribution in [3.8, 4) is 0 Å². The lowest BCUT2D eigenvalue weighted by molar-refractivity contribution is -0.384. The van der Waals surface area contributed by atoms with Gasteiger partial charge in [-0.25, -0.2) is 4.79 Å². The van der Waals surface area contributed by atoms with Crippen LogP contribution in [0.15, 0.2) is 40.4 Å². The van der Waals surface area contributed by atoms with Crippen molar-refractivity contribution in [3.05, 3.63) is 46.3 Å². The van der Waals surface area contributed by atoms with E-state index in [0.717, 1.165) is 11.0 Å². The van der Waals surface area contributed by atoms with E-state index in [-0.39, 0.29) is 11.3 Å². The molecule has 1 aromatic carbocycles. The average Bonchev–Trinajstić information content (AvgIpc) is 2.74. The number of benzene rings is 1. The van der Waals surface area contributed by atoms with Crippen molar-refractivity contribution >= 4 is 23.4 Å². The number of nitrogens with zero attached hydrogens (tertiary/aromatic N) is 3. The first-order valence-electron chi connectivity index (χ1n) is 5.15. The fourth-order valence-electron chi connectivity index (χ4n) is 1.47. The summed E-state index contributed by atoms with van der Waals surface area (Å²) in [6, 6.07) is 3.77. The Morgan fingerprint density at radius 3 is 2.79 bits per heavy atom. The van der Waals surface area contributed by atoms with Crippen LogP contribution >= 0.6 is 11.8 Å². The topological polar surface area (TPSA) is 98.3 Å². The van der Waals surface area contributed by atoms with Crippen LogP contribution in [-0.4, -0.2) is 25.8 Å². The highest BCUT2D eigenvalue weighted by atomic mass is 32.2. The molecule has 7 nitrogen and oxygen atoms in total. The maximum atomic E-state index is 11.1. The van der Waals surface area contributed by atoms with Gasteiger partial charge in [0.05, 0.1) is 21.6 Å². The smallest absolute Gasteiger partial charge is 0.337 e. The number of carboxylic acid groups (broad SMARTS) is 1. The van der Waals surface area contributed by atoms with Gasteiger partial charge in [-0.05, 0) is 6.07 Å². The second kappa shape index (κ2) is 5.11. The van der Waals surface area contributed by atoms with Gasteiger partial charge in [0.25, 0.3) is 5.69 Å². The van der Waals surface area contributed by atoms with Gasteiger partial charge in [0, 0.05) is 30.3 Å². The zero-order valence-electron chi connectivity index (χ0n) is 9.81. The first-order valence-corrected chi connectivity index (χ1v) is 5.97. The van der Waals surface area contributed by atoms with Gasteiger partial charge in [0.15, 0.2) is 0 Å². The second-order valence-corrected chi connectivity index (χ2v) is 4.81. The number of non-ortho nitro benzene ring substituents is 1. The summed E-state index contributed by atoms with van der Waals surface area (Å²) < 4.78 is 1.59. The summed E-state index contributed by atoms with van der Waals surface area (Å²) in [7, 11) is 1.75. The molecule has 1 N–H and O–H groups in total. The van der Waals surface area contributed by atoms with E-state index in [1.807, 2.05) is 0 Å². The third-order valence-electron chi connectivity index (χ3n) is 2.31. The summed E-state index contributed by atoms with van der Waals surface area (Å²) in [6.07, 6.45) is 3.33. The number of hydrogen-bond donors (Lipinski definition) is 1. The molecule has 0 aliphatic heterocycles. The molecule has 2 rings (SSSR count). The van der Waals surface area contributed by atoms with Crippen LogP contribution in [0.25, 0.3) is 0 Å². The number of carboxylic acids is 1. The lowest BCUT2D eigenvalue weighted by atomic mass is 10.2. The minimum Gasteiger partial charge on any atom is -0.478 e. The van der Waals surface area contributed by atoms with Gasteiger partial charge in [-0.15, -0.1) is 0 Å². The maximum Gasteiger partial charge on any atom is 0.337 e.